The van der Waals surface area contributed by atoms with Gasteiger partial charge in [0.15, 0.2) is 5.82 Å². The van der Waals surface area contributed by atoms with Crippen molar-refractivity contribution in [1.29, 1.82) is 0 Å². The molecule has 84 valence electrons. The van der Waals surface area contributed by atoms with Gasteiger partial charge in [0.05, 0.1) is 18.1 Å². The van der Waals surface area contributed by atoms with Crippen LogP contribution in [-0.2, 0) is 5.75 Å². The summed E-state index contributed by atoms with van der Waals surface area (Å²) in [7, 11) is 0. The van der Waals surface area contributed by atoms with E-state index in [-0.39, 0.29) is 6.61 Å². The Morgan fingerprint density at radius 1 is 1.53 bits per heavy atom. The second kappa shape index (κ2) is 6.60. The van der Waals surface area contributed by atoms with E-state index in [1.807, 2.05) is 0 Å². The molecule has 1 heterocycles. The average Bonchev–Trinajstić information content (AvgIpc) is 2.27. The number of anilines is 1. The molecule has 0 aliphatic heterocycles. The normalized spacial score (nSPS) is 12.5. The second-order valence-electron chi connectivity index (χ2n) is 3.17. The van der Waals surface area contributed by atoms with Gasteiger partial charge in [0, 0.05) is 17.6 Å². The van der Waals surface area contributed by atoms with Gasteiger partial charge in [-0.15, -0.1) is 0 Å². The van der Waals surface area contributed by atoms with Crippen molar-refractivity contribution in [2.24, 2.45) is 5.84 Å². The van der Waals surface area contributed by atoms with Crippen LogP contribution in [0.15, 0.2) is 12.4 Å². The molecule has 5 nitrogen and oxygen atoms in total. The van der Waals surface area contributed by atoms with Crippen LogP contribution in [0.4, 0.5) is 5.82 Å². The minimum Gasteiger partial charge on any atom is -0.396 e. The number of nitrogens with zero attached hydrogens (tertiary/aromatic N) is 2. The zero-order valence-electron chi connectivity index (χ0n) is 8.68. The molecule has 1 atom stereocenters. The first-order chi connectivity index (χ1) is 7.26. The van der Waals surface area contributed by atoms with E-state index in [9.17, 15) is 0 Å². The fourth-order valence-corrected chi connectivity index (χ4v) is 1.87. The summed E-state index contributed by atoms with van der Waals surface area (Å²) < 4.78 is 0. The number of thioether (sulfide) groups is 1. The number of nitrogens with one attached hydrogen (secondary N) is 1. The zero-order chi connectivity index (χ0) is 11.1. The molecule has 0 aromatic carbocycles. The maximum atomic E-state index is 8.74. The van der Waals surface area contributed by atoms with Crippen molar-refractivity contribution < 1.29 is 5.11 Å². The van der Waals surface area contributed by atoms with Gasteiger partial charge in [0.1, 0.15) is 0 Å². The highest BCUT2D eigenvalue weighted by molar-refractivity contribution is 7.99. The Morgan fingerprint density at radius 3 is 2.87 bits per heavy atom. The molecule has 0 bridgehead atoms. The number of hydrogen-bond donors (Lipinski definition) is 3. The van der Waals surface area contributed by atoms with Gasteiger partial charge in [-0.2, -0.15) is 11.8 Å². The van der Waals surface area contributed by atoms with Gasteiger partial charge in [-0.25, -0.2) is 10.8 Å². The molecule has 1 rings (SSSR count). The SMILES string of the molecule is CC(CCO)SCc1cnc(NN)cn1. The lowest BCUT2D eigenvalue weighted by Crippen LogP contribution is -2.09. The number of aromatic nitrogens is 2. The fraction of sp³-hybridized carbons (Fsp3) is 0.556. The average molecular weight is 228 g/mol. The van der Waals surface area contributed by atoms with Crippen LogP contribution in [-0.4, -0.2) is 26.9 Å². The number of hydrogen-bond acceptors (Lipinski definition) is 6. The number of rotatable bonds is 6. The lowest BCUT2D eigenvalue weighted by Gasteiger charge is -2.08. The van der Waals surface area contributed by atoms with Gasteiger partial charge in [0.2, 0.25) is 0 Å². The Hall–Kier alpha value is -0.850. The second-order valence-corrected chi connectivity index (χ2v) is 4.60. The van der Waals surface area contributed by atoms with Crippen LogP contribution in [0.2, 0.25) is 0 Å². The maximum absolute atomic E-state index is 8.74. The Bertz CT molecular complexity index is 280. The van der Waals surface area contributed by atoms with Crippen LogP contribution in [0.3, 0.4) is 0 Å². The summed E-state index contributed by atoms with van der Waals surface area (Å²) in [6.07, 6.45) is 4.11. The Morgan fingerprint density at radius 2 is 2.33 bits per heavy atom. The fourth-order valence-electron chi connectivity index (χ4n) is 0.997. The van der Waals surface area contributed by atoms with Crippen LogP contribution >= 0.6 is 11.8 Å². The molecule has 0 fully saturated rings. The van der Waals surface area contributed by atoms with Crippen molar-refractivity contribution in [3.63, 3.8) is 0 Å². The first-order valence-corrected chi connectivity index (χ1v) is 5.81. The molecule has 0 saturated heterocycles. The van der Waals surface area contributed by atoms with E-state index in [2.05, 4.69) is 22.3 Å². The monoisotopic (exact) mass is 228 g/mol. The lowest BCUT2D eigenvalue weighted by molar-refractivity contribution is 0.289. The van der Waals surface area contributed by atoms with Gasteiger partial charge < -0.3 is 10.5 Å². The highest BCUT2D eigenvalue weighted by Crippen LogP contribution is 2.18. The molecule has 1 aromatic rings. The summed E-state index contributed by atoms with van der Waals surface area (Å²) in [4.78, 5) is 8.25. The third-order valence-corrected chi connectivity index (χ3v) is 3.17. The van der Waals surface area contributed by atoms with Crippen molar-refractivity contribution >= 4 is 17.6 Å². The highest BCUT2D eigenvalue weighted by atomic mass is 32.2. The van der Waals surface area contributed by atoms with E-state index >= 15 is 0 Å². The lowest BCUT2D eigenvalue weighted by atomic mass is 10.3. The topological polar surface area (TPSA) is 84.1 Å². The molecule has 0 amide bonds. The van der Waals surface area contributed by atoms with E-state index in [0.29, 0.717) is 11.1 Å². The van der Waals surface area contributed by atoms with Gasteiger partial charge in [0.25, 0.3) is 0 Å². The van der Waals surface area contributed by atoms with E-state index in [1.165, 1.54) is 0 Å². The standard InChI is InChI=1S/C9H16N4OS/c1-7(2-3-14)15-6-8-4-12-9(13-10)5-11-8/h4-5,7,14H,2-3,6,10H2,1H3,(H,12,13). The minimum absolute atomic E-state index is 0.232. The van der Waals surface area contributed by atoms with E-state index in [0.717, 1.165) is 17.9 Å². The summed E-state index contributed by atoms with van der Waals surface area (Å²) in [5.41, 5.74) is 3.35. The summed E-state index contributed by atoms with van der Waals surface area (Å²) in [5, 5.41) is 9.17. The van der Waals surface area contributed by atoms with E-state index in [1.54, 1.807) is 24.2 Å². The van der Waals surface area contributed by atoms with Gasteiger partial charge >= 0.3 is 0 Å². The number of aliphatic hydroxyl groups is 1. The molecular formula is C9H16N4OS. The molecule has 0 aliphatic carbocycles. The largest absolute Gasteiger partial charge is 0.396 e. The number of aliphatic hydroxyl groups excluding tert-OH is 1. The Labute approximate surface area is 93.5 Å². The molecule has 1 aromatic heterocycles. The third kappa shape index (κ3) is 4.46. The van der Waals surface area contributed by atoms with Gasteiger partial charge in [-0.3, -0.25) is 4.98 Å². The van der Waals surface area contributed by atoms with E-state index in [4.69, 9.17) is 10.9 Å². The quantitative estimate of drug-likeness (QED) is 0.492. The number of nitrogens with two attached hydrogens (primary N) is 1. The van der Waals surface area contributed by atoms with Gasteiger partial charge in [-0.1, -0.05) is 6.92 Å². The number of nitrogen functional groups attached to an aromatic ring is 1. The molecule has 0 aliphatic rings. The third-order valence-electron chi connectivity index (χ3n) is 1.90. The molecule has 0 saturated carbocycles. The smallest absolute Gasteiger partial charge is 0.158 e. The van der Waals surface area contributed by atoms with Crippen molar-refractivity contribution in [2.75, 3.05) is 12.0 Å². The van der Waals surface area contributed by atoms with Crippen LogP contribution in [0, 0.1) is 0 Å². The molecule has 0 radical (unpaired) electrons. The molecule has 6 heteroatoms. The van der Waals surface area contributed by atoms with Crippen LogP contribution in [0.25, 0.3) is 0 Å². The van der Waals surface area contributed by atoms with E-state index < -0.39 is 0 Å². The predicted octanol–water partition coefficient (Wildman–Crippen LogP) is 0.766. The van der Waals surface area contributed by atoms with Crippen molar-refractivity contribution in [3.05, 3.63) is 18.1 Å². The first kappa shape index (κ1) is 12.2. The summed E-state index contributed by atoms with van der Waals surface area (Å²) in [6, 6.07) is 0. The predicted molar refractivity (Wildman–Crippen MR) is 62.3 cm³/mol. The van der Waals surface area contributed by atoms with Crippen molar-refractivity contribution in [3.8, 4) is 0 Å². The number of hydrazine groups is 1. The highest BCUT2D eigenvalue weighted by Gasteiger charge is 2.03. The Kier molecular flexibility index (Phi) is 5.38. The first-order valence-electron chi connectivity index (χ1n) is 4.76. The van der Waals surface area contributed by atoms with Crippen LogP contribution in [0.1, 0.15) is 19.0 Å². The summed E-state index contributed by atoms with van der Waals surface area (Å²) in [6.45, 7) is 2.32. The Balaban J connectivity index is 2.37. The summed E-state index contributed by atoms with van der Waals surface area (Å²) >= 11 is 1.75. The molecule has 0 spiro atoms. The van der Waals surface area contributed by atoms with Crippen molar-refractivity contribution in [2.45, 2.75) is 24.3 Å². The molecule has 4 N–H and O–H groups in total. The zero-order valence-corrected chi connectivity index (χ0v) is 9.50. The van der Waals surface area contributed by atoms with Crippen LogP contribution < -0.4 is 11.3 Å². The van der Waals surface area contributed by atoms with Crippen molar-refractivity contribution in [1.82, 2.24) is 9.97 Å². The minimum atomic E-state index is 0.232. The molecule has 1 unspecified atom stereocenters. The maximum Gasteiger partial charge on any atom is 0.158 e. The van der Waals surface area contributed by atoms with Gasteiger partial charge in [-0.05, 0) is 6.42 Å². The molecular weight excluding hydrogens is 212 g/mol. The molecule has 15 heavy (non-hydrogen) atoms. The van der Waals surface area contributed by atoms with Crippen LogP contribution in [0.5, 0.6) is 0 Å². The summed E-state index contributed by atoms with van der Waals surface area (Å²) in [5.74, 6) is 6.54.